The Labute approximate surface area is 161 Å². The molecular weight excluding hydrogens is 356 g/mol. The average molecular weight is 374 g/mol. The Balaban J connectivity index is 1.47. The van der Waals surface area contributed by atoms with Gasteiger partial charge in [-0.3, -0.25) is 9.48 Å². The van der Waals surface area contributed by atoms with Crippen molar-refractivity contribution in [3.8, 4) is 17.0 Å². The maximum atomic E-state index is 12.5. The van der Waals surface area contributed by atoms with E-state index < -0.39 is 0 Å². The molecule has 2 aromatic heterocycles. The number of hydrogen-bond donors (Lipinski definition) is 1. The van der Waals surface area contributed by atoms with Gasteiger partial charge in [0.1, 0.15) is 11.4 Å². The summed E-state index contributed by atoms with van der Waals surface area (Å²) in [5.41, 5.74) is 3.07. The fourth-order valence-electron chi connectivity index (χ4n) is 2.82. The SMILES string of the molecule is COc1cccc(-c2cc(C(=O)Nc3cccc(Cn4cccn4)c3)on2)c1. The fraction of sp³-hybridized carbons (Fsp3) is 0.0952. The van der Waals surface area contributed by atoms with E-state index in [1.165, 1.54) is 0 Å². The minimum Gasteiger partial charge on any atom is -0.497 e. The van der Waals surface area contributed by atoms with Gasteiger partial charge in [0.2, 0.25) is 5.76 Å². The van der Waals surface area contributed by atoms with Crippen molar-refractivity contribution >= 4 is 11.6 Å². The van der Waals surface area contributed by atoms with E-state index in [1.54, 1.807) is 19.4 Å². The molecule has 0 saturated heterocycles. The van der Waals surface area contributed by atoms with Crippen LogP contribution in [0.15, 0.2) is 77.6 Å². The second kappa shape index (κ2) is 7.79. The third kappa shape index (κ3) is 3.93. The molecule has 1 N–H and O–H groups in total. The summed E-state index contributed by atoms with van der Waals surface area (Å²) in [4.78, 5) is 12.5. The Bertz CT molecular complexity index is 1090. The van der Waals surface area contributed by atoms with E-state index in [0.29, 0.717) is 23.7 Å². The molecule has 0 radical (unpaired) electrons. The number of carbonyl (C=O) groups is 1. The number of ether oxygens (including phenoxy) is 1. The van der Waals surface area contributed by atoms with Crippen molar-refractivity contribution in [2.24, 2.45) is 0 Å². The zero-order chi connectivity index (χ0) is 19.3. The molecule has 7 heteroatoms. The van der Waals surface area contributed by atoms with E-state index in [0.717, 1.165) is 11.1 Å². The van der Waals surface area contributed by atoms with Crippen LogP contribution in [0, 0.1) is 0 Å². The molecule has 0 aliphatic carbocycles. The Kier molecular flexibility index (Phi) is 4.88. The molecule has 0 fully saturated rings. The minimum absolute atomic E-state index is 0.135. The van der Waals surface area contributed by atoms with Gasteiger partial charge in [-0.05, 0) is 35.9 Å². The molecule has 140 valence electrons. The van der Waals surface area contributed by atoms with Crippen LogP contribution in [0.5, 0.6) is 5.75 Å². The second-order valence-electron chi connectivity index (χ2n) is 6.17. The number of benzene rings is 2. The number of hydrogen-bond acceptors (Lipinski definition) is 5. The topological polar surface area (TPSA) is 82.2 Å². The van der Waals surface area contributed by atoms with E-state index in [2.05, 4.69) is 15.6 Å². The number of nitrogens with one attached hydrogen (secondary N) is 1. The van der Waals surface area contributed by atoms with Crippen LogP contribution in [0.2, 0.25) is 0 Å². The standard InChI is InChI=1S/C21H18N4O3/c1-27-18-8-3-6-16(12-18)19-13-20(28-24-19)21(26)23-17-7-2-5-15(11-17)14-25-10-4-9-22-25/h2-13H,14H2,1H3,(H,23,26). The van der Waals surface area contributed by atoms with Gasteiger partial charge >= 0.3 is 0 Å². The first-order valence-electron chi connectivity index (χ1n) is 8.70. The molecule has 4 aromatic rings. The molecule has 0 unspecified atom stereocenters. The molecule has 2 heterocycles. The number of anilines is 1. The second-order valence-corrected chi connectivity index (χ2v) is 6.17. The molecule has 0 spiro atoms. The first-order chi connectivity index (χ1) is 13.7. The molecule has 1 amide bonds. The van der Waals surface area contributed by atoms with Crippen LogP contribution in [-0.2, 0) is 6.54 Å². The monoisotopic (exact) mass is 374 g/mol. The molecule has 28 heavy (non-hydrogen) atoms. The summed E-state index contributed by atoms with van der Waals surface area (Å²) in [6.45, 7) is 0.624. The van der Waals surface area contributed by atoms with Gasteiger partial charge in [-0.1, -0.05) is 29.4 Å². The predicted octanol–water partition coefficient (Wildman–Crippen LogP) is 3.85. The van der Waals surface area contributed by atoms with Crippen molar-refractivity contribution in [1.29, 1.82) is 0 Å². The molecule has 0 bridgehead atoms. The van der Waals surface area contributed by atoms with Crippen molar-refractivity contribution in [3.63, 3.8) is 0 Å². The zero-order valence-electron chi connectivity index (χ0n) is 15.2. The lowest BCUT2D eigenvalue weighted by molar-refractivity contribution is 0.0988. The van der Waals surface area contributed by atoms with Crippen molar-refractivity contribution < 1.29 is 14.1 Å². The van der Waals surface area contributed by atoms with Gasteiger partial charge in [0.25, 0.3) is 5.91 Å². The Morgan fingerprint density at radius 1 is 1.14 bits per heavy atom. The normalized spacial score (nSPS) is 10.6. The number of carbonyl (C=O) groups excluding carboxylic acids is 1. The smallest absolute Gasteiger partial charge is 0.294 e. The Morgan fingerprint density at radius 3 is 2.86 bits per heavy atom. The van der Waals surface area contributed by atoms with E-state index in [9.17, 15) is 4.79 Å². The van der Waals surface area contributed by atoms with Gasteiger partial charge < -0.3 is 14.6 Å². The molecule has 0 saturated carbocycles. The zero-order valence-corrected chi connectivity index (χ0v) is 15.2. The van der Waals surface area contributed by atoms with Gasteiger partial charge in [-0.25, -0.2) is 0 Å². The molecule has 0 aliphatic rings. The number of rotatable bonds is 6. The molecule has 0 atom stereocenters. The number of amides is 1. The summed E-state index contributed by atoms with van der Waals surface area (Å²) in [5, 5.41) is 11.0. The van der Waals surface area contributed by atoms with Crippen molar-refractivity contribution in [1.82, 2.24) is 14.9 Å². The summed E-state index contributed by atoms with van der Waals surface area (Å²) in [7, 11) is 1.60. The Morgan fingerprint density at radius 2 is 2.04 bits per heavy atom. The van der Waals surface area contributed by atoms with Crippen LogP contribution in [0.25, 0.3) is 11.3 Å². The minimum atomic E-state index is -0.363. The van der Waals surface area contributed by atoms with Crippen LogP contribution in [0.4, 0.5) is 5.69 Å². The van der Waals surface area contributed by atoms with E-state index in [-0.39, 0.29) is 11.7 Å². The third-order valence-electron chi connectivity index (χ3n) is 4.19. The Hall–Kier alpha value is -3.87. The maximum absolute atomic E-state index is 12.5. The fourth-order valence-corrected chi connectivity index (χ4v) is 2.82. The first kappa shape index (κ1) is 17.5. The highest BCUT2D eigenvalue weighted by atomic mass is 16.5. The van der Waals surface area contributed by atoms with Crippen LogP contribution in [0.3, 0.4) is 0 Å². The van der Waals surface area contributed by atoms with E-state index >= 15 is 0 Å². The number of aromatic nitrogens is 3. The van der Waals surface area contributed by atoms with Crippen LogP contribution in [-0.4, -0.2) is 28.0 Å². The molecule has 0 aliphatic heterocycles. The molecular formula is C21H18N4O3. The van der Waals surface area contributed by atoms with E-state index in [4.69, 9.17) is 9.26 Å². The van der Waals surface area contributed by atoms with E-state index in [1.807, 2.05) is 65.5 Å². The summed E-state index contributed by atoms with van der Waals surface area (Å²) < 4.78 is 12.3. The molecule has 7 nitrogen and oxygen atoms in total. The lowest BCUT2D eigenvalue weighted by atomic mass is 10.1. The molecule has 2 aromatic carbocycles. The van der Waals surface area contributed by atoms with Gasteiger partial charge in [0.15, 0.2) is 0 Å². The lowest BCUT2D eigenvalue weighted by Gasteiger charge is -2.06. The average Bonchev–Trinajstić information content (AvgIpc) is 3.40. The highest BCUT2D eigenvalue weighted by molar-refractivity contribution is 6.02. The molecule has 4 rings (SSSR count). The summed E-state index contributed by atoms with van der Waals surface area (Å²) >= 11 is 0. The van der Waals surface area contributed by atoms with Gasteiger partial charge in [0.05, 0.1) is 13.7 Å². The number of methoxy groups -OCH3 is 1. The van der Waals surface area contributed by atoms with Crippen molar-refractivity contribution in [2.45, 2.75) is 6.54 Å². The predicted molar refractivity (Wildman–Crippen MR) is 104 cm³/mol. The van der Waals surface area contributed by atoms with Crippen molar-refractivity contribution in [2.75, 3.05) is 12.4 Å². The summed E-state index contributed by atoms with van der Waals surface area (Å²) in [6, 6.07) is 18.5. The maximum Gasteiger partial charge on any atom is 0.294 e. The van der Waals surface area contributed by atoms with Crippen molar-refractivity contribution in [3.05, 3.63) is 84.4 Å². The van der Waals surface area contributed by atoms with Gasteiger partial charge in [0, 0.05) is 29.7 Å². The quantitative estimate of drug-likeness (QED) is 0.554. The van der Waals surface area contributed by atoms with Gasteiger partial charge in [-0.2, -0.15) is 5.10 Å². The van der Waals surface area contributed by atoms with Crippen LogP contribution < -0.4 is 10.1 Å². The first-order valence-corrected chi connectivity index (χ1v) is 8.70. The summed E-state index contributed by atoms with van der Waals surface area (Å²) in [6.07, 6.45) is 3.62. The van der Waals surface area contributed by atoms with Crippen LogP contribution >= 0.6 is 0 Å². The number of nitrogens with zero attached hydrogens (tertiary/aromatic N) is 3. The van der Waals surface area contributed by atoms with Gasteiger partial charge in [-0.15, -0.1) is 0 Å². The highest BCUT2D eigenvalue weighted by Gasteiger charge is 2.15. The highest BCUT2D eigenvalue weighted by Crippen LogP contribution is 2.24. The third-order valence-corrected chi connectivity index (χ3v) is 4.19. The lowest BCUT2D eigenvalue weighted by Crippen LogP contribution is -2.11. The largest absolute Gasteiger partial charge is 0.497 e. The van der Waals surface area contributed by atoms with Crippen LogP contribution in [0.1, 0.15) is 16.1 Å². The summed E-state index contributed by atoms with van der Waals surface area (Å²) in [5.74, 6) is 0.480.